The molecular weight excluding hydrogens is 301 g/mol. The predicted octanol–water partition coefficient (Wildman–Crippen LogP) is 5.39. The molecule has 4 heteroatoms. The van der Waals surface area contributed by atoms with Gasteiger partial charge in [-0.05, 0) is 60.5 Å². The van der Waals surface area contributed by atoms with E-state index in [0.717, 1.165) is 29.5 Å². The lowest BCUT2D eigenvalue weighted by Gasteiger charge is -2.15. The van der Waals surface area contributed by atoms with Gasteiger partial charge in [-0.15, -0.1) is 22.7 Å². The van der Waals surface area contributed by atoms with Gasteiger partial charge < -0.3 is 5.32 Å². The fraction of sp³-hybridized carbons (Fsp3) is 0.294. The molecule has 0 aliphatic heterocycles. The van der Waals surface area contributed by atoms with Crippen LogP contribution in [0, 0.1) is 5.82 Å². The normalized spacial score (nSPS) is 12.9. The number of aryl methyl sites for hydroxylation is 1. The number of benzene rings is 1. The van der Waals surface area contributed by atoms with Crippen LogP contribution < -0.4 is 5.32 Å². The van der Waals surface area contributed by atoms with Gasteiger partial charge in [-0.3, -0.25) is 0 Å². The number of nitrogens with one attached hydrogen (secondary N) is 1. The molecule has 0 aliphatic rings. The quantitative estimate of drug-likeness (QED) is 0.642. The molecule has 2 heterocycles. The molecule has 1 nitrogen and oxygen atoms in total. The molecule has 0 saturated carbocycles. The van der Waals surface area contributed by atoms with E-state index in [1.807, 2.05) is 17.4 Å². The Kier molecular flexibility index (Phi) is 4.68. The first-order chi connectivity index (χ1) is 10.3. The molecule has 1 atom stereocenters. The van der Waals surface area contributed by atoms with Crippen molar-refractivity contribution in [2.45, 2.75) is 25.8 Å². The topological polar surface area (TPSA) is 12.0 Å². The average Bonchev–Trinajstić information content (AvgIpc) is 3.11. The fourth-order valence-corrected chi connectivity index (χ4v) is 4.42. The predicted molar refractivity (Wildman–Crippen MR) is 90.8 cm³/mol. The Hall–Kier alpha value is -1.23. The molecule has 0 radical (unpaired) electrons. The van der Waals surface area contributed by atoms with E-state index in [4.69, 9.17) is 0 Å². The van der Waals surface area contributed by atoms with Crippen molar-refractivity contribution in [2.75, 3.05) is 6.54 Å². The first-order valence-corrected chi connectivity index (χ1v) is 8.90. The van der Waals surface area contributed by atoms with Gasteiger partial charge in [0.2, 0.25) is 0 Å². The van der Waals surface area contributed by atoms with Gasteiger partial charge in [0.1, 0.15) is 5.82 Å². The SMILES string of the molecule is CCNC(CCc1cccs1)c1cc2cc(F)ccc2s1. The molecule has 3 aromatic rings. The van der Waals surface area contributed by atoms with Crippen molar-refractivity contribution in [2.24, 2.45) is 0 Å². The Morgan fingerprint density at radius 1 is 1.24 bits per heavy atom. The Morgan fingerprint density at radius 2 is 2.14 bits per heavy atom. The Balaban J connectivity index is 1.80. The van der Waals surface area contributed by atoms with E-state index < -0.39 is 0 Å². The molecular formula is C17H18FNS2. The summed E-state index contributed by atoms with van der Waals surface area (Å²) in [6, 6.07) is 11.8. The third kappa shape index (κ3) is 3.51. The van der Waals surface area contributed by atoms with Crippen LogP contribution in [0.4, 0.5) is 4.39 Å². The minimum Gasteiger partial charge on any atom is -0.310 e. The molecule has 1 unspecified atom stereocenters. The summed E-state index contributed by atoms with van der Waals surface area (Å²) in [6.45, 7) is 3.07. The highest BCUT2D eigenvalue weighted by Gasteiger charge is 2.14. The van der Waals surface area contributed by atoms with E-state index in [2.05, 4.69) is 35.8 Å². The van der Waals surface area contributed by atoms with Gasteiger partial charge in [0.05, 0.1) is 0 Å². The van der Waals surface area contributed by atoms with E-state index in [9.17, 15) is 4.39 Å². The summed E-state index contributed by atoms with van der Waals surface area (Å²) in [7, 11) is 0. The van der Waals surface area contributed by atoms with Crippen molar-refractivity contribution in [1.29, 1.82) is 0 Å². The standard InChI is InChI=1S/C17H18FNS2/c1-2-19-15(7-6-14-4-3-9-20-14)17-11-12-10-13(18)5-8-16(12)21-17/h3-5,8-11,15,19H,2,6-7H2,1H3. The van der Waals surface area contributed by atoms with Crippen molar-refractivity contribution in [3.05, 3.63) is 57.3 Å². The fourth-order valence-electron chi connectivity index (χ4n) is 2.54. The molecule has 21 heavy (non-hydrogen) atoms. The van der Waals surface area contributed by atoms with Crippen molar-refractivity contribution in [1.82, 2.24) is 5.32 Å². The van der Waals surface area contributed by atoms with Gasteiger partial charge >= 0.3 is 0 Å². The lowest BCUT2D eigenvalue weighted by molar-refractivity contribution is 0.525. The molecule has 2 aromatic heterocycles. The number of hydrogen-bond donors (Lipinski definition) is 1. The third-order valence-corrected chi connectivity index (χ3v) is 5.72. The summed E-state index contributed by atoms with van der Waals surface area (Å²) < 4.78 is 14.5. The number of fused-ring (bicyclic) bond motifs is 1. The molecule has 0 amide bonds. The highest BCUT2D eigenvalue weighted by molar-refractivity contribution is 7.19. The lowest BCUT2D eigenvalue weighted by atomic mass is 10.1. The highest BCUT2D eigenvalue weighted by atomic mass is 32.1. The maximum absolute atomic E-state index is 13.3. The second-order valence-electron chi connectivity index (χ2n) is 5.06. The van der Waals surface area contributed by atoms with Crippen molar-refractivity contribution in [3.63, 3.8) is 0 Å². The summed E-state index contributed by atoms with van der Waals surface area (Å²) in [5.74, 6) is -0.162. The van der Waals surface area contributed by atoms with E-state index in [0.29, 0.717) is 6.04 Å². The van der Waals surface area contributed by atoms with Crippen LogP contribution in [0.1, 0.15) is 29.1 Å². The highest BCUT2D eigenvalue weighted by Crippen LogP contribution is 2.32. The third-order valence-electron chi connectivity index (χ3n) is 3.55. The molecule has 110 valence electrons. The van der Waals surface area contributed by atoms with Crippen molar-refractivity contribution in [3.8, 4) is 0 Å². The zero-order valence-electron chi connectivity index (χ0n) is 11.9. The maximum Gasteiger partial charge on any atom is 0.123 e. The molecule has 0 spiro atoms. The van der Waals surface area contributed by atoms with Crippen molar-refractivity contribution < 1.29 is 4.39 Å². The van der Waals surface area contributed by atoms with Crippen LogP contribution in [-0.4, -0.2) is 6.54 Å². The largest absolute Gasteiger partial charge is 0.310 e. The van der Waals surface area contributed by atoms with Gasteiger partial charge in [0, 0.05) is 20.5 Å². The Bertz CT molecular complexity index is 703. The van der Waals surface area contributed by atoms with E-state index in [1.54, 1.807) is 17.4 Å². The second kappa shape index (κ2) is 6.69. The van der Waals surface area contributed by atoms with Crippen LogP contribution in [0.2, 0.25) is 0 Å². The molecule has 0 aliphatic carbocycles. The zero-order chi connectivity index (χ0) is 14.7. The first kappa shape index (κ1) is 14.7. The van der Waals surface area contributed by atoms with E-state index in [-0.39, 0.29) is 5.82 Å². The second-order valence-corrected chi connectivity index (χ2v) is 7.21. The zero-order valence-corrected chi connectivity index (χ0v) is 13.6. The van der Waals surface area contributed by atoms with Crippen LogP contribution in [0.3, 0.4) is 0 Å². The lowest BCUT2D eigenvalue weighted by Crippen LogP contribution is -2.20. The summed E-state index contributed by atoms with van der Waals surface area (Å²) in [5.41, 5.74) is 0. The van der Waals surface area contributed by atoms with Crippen LogP contribution >= 0.6 is 22.7 Å². The van der Waals surface area contributed by atoms with Gasteiger partial charge in [-0.1, -0.05) is 13.0 Å². The summed E-state index contributed by atoms with van der Waals surface area (Å²) in [4.78, 5) is 2.72. The van der Waals surface area contributed by atoms with Gasteiger partial charge in [0.15, 0.2) is 0 Å². The van der Waals surface area contributed by atoms with Gasteiger partial charge in [0.25, 0.3) is 0 Å². The Morgan fingerprint density at radius 3 is 2.90 bits per heavy atom. The number of rotatable bonds is 6. The first-order valence-electron chi connectivity index (χ1n) is 7.21. The Labute approximate surface area is 132 Å². The number of thiophene rings is 2. The van der Waals surface area contributed by atoms with Crippen LogP contribution in [-0.2, 0) is 6.42 Å². The molecule has 3 rings (SSSR count). The minimum absolute atomic E-state index is 0.162. The summed E-state index contributed by atoms with van der Waals surface area (Å²) in [5, 5.41) is 6.69. The molecule has 0 saturated heterocycles. The van der Waals surface area contributed by atoms with E-state index >= 15 is 0 Å². The van der Waals surface area contributed by atoms with Gasteiger partial charge in [-0.2, -0.15) is 0 Å². The smallest absolute Gasteiger partial charge is 0.123 e. The number of halogens is 1. The van der Waals surface area contributed by atoms with Crippen molar-refractivity contribution >= 4 is 32.8 Å². The summed E-state index contributed by atoms with van der Waals surface area (Å²) >= 11 is 3.58. The molecule has 0 bridgehead atoms. The minimum atomic E-state index is -0.162. The monoisotopic (exact) mass is 319 g/mol. The van der Waals surface area contributed by atoms with Crippen LogP contribution in [0.25, 0.3) is 10.1 Å². The van der Waals surface area contributed by atoms with Gasteiger partial charge in [-0.25, -0.2) is 4.39 Å². The average molecular weight is 319 g/mol. The molecule has 1 N–H and O–H groups in total. The van der Waals surface area contributed by atoms with Crippen LogP contribution in [0.15, 0.2) is 41.8 Å². The number of hydrogen-bond acceptors (Lipinski definition) is 3. The summed E-state index contributed by atoms with van der Waals surface area (Å²) in [6.07, 6.45) is 2.15. The van der Waals surface area contributed by atoms with E-state index in [1.165, 1.54) is 15.8 Å². The molecule has 1 aromatic carbocycles. The molecule has 0 fully saturated rings. The van der Waals surface area contributed by atoms with Crippen LogP contribution in [0.5, 0.6) is 0 Å². The maximum atomic E-state index is 13.3.